The number of halogens is 1. The first-order chi connectivity index (χ1) is 6.35. The van der Waals surface area contributed by atoms with Gasteiger partial charge in [-0.05, 0) is 42.9 Å². The van der Waals surface area contributed by atoms with E-state index in [9.17, 15) is 0 Å². The van der Waals surface area contributed by atoms with E-state index in [0.29, 0.717) is 5.41 Å². The molecule has 1 N–H and O–H groups in total. The Kier molecular flexibility index (Phi) is 3.12. The molecule has 0 atom stereocenters. The summed E-state index contributed by atoms with van der Waals surface area (Å²) >= 11 is 5.58. The predicted molar refractivity (Wildman–Crippen MR) is 55.3 cm³/mol. The van der Waals surface area contributed by atoms with Gasteiger partial charge in [0, 0.05) is 13.1 Å². The molecule has 2 fully saturated rings. The number of hydrogen-bond donors (Lipinski definition) is 1. The molecule has 0 radical (unpaired) electrons. The monoisotopic (exact) mass is 202 g/mol. The molecule has 3 heteroatoms. The third-order valence-corrected chi connectivity index (χ3v) is 4.10. The third-order valence-electron chi connectivity index (χ3n) is 3.86. The van der Waals surface area contributed by atoms with Crippen molar-refractivity contribution < 1.29 is 0 Å². The van der Waals surface area contributed by atoms with Gasteiger partial charge < -0.3 is 0 Å². The smallest absolute Gasteiger partial charge is 0.0148 e. The number of nitrogens with one attached hydrogen (secondary N) is 1. The van der Waals surface area contributed by atoms with Crippen molar-refractivity contribution in [1.82, 2.24) is 9.95 Å². The molecule has 2 rings (SSSR count). The number of hydrazine groups is 1. The molecule has 1 heterocycles. The quantitative estimate of drug-likeness (QED) is 0.658. The van der Waals surface area contributed by atoms with E-state index in [1.807, 2.05) is 0 Å². The minimum atomic E-state index is 0.697. The zero-order valence-electron chi connectivity index (χ0n) is 8.19. The first-order valence-electron chi connectivity index (χ1n) is 5.46. The van der Waals surface area contributed by atoms with Crippen LogP contribution in [0.15, 0.2) is 0 Å². The second-order valence-electron chi connectivity index (χ2n) is 4.63. The molecule has 0 aromatic carbocycles. The van der Waals surface area contributed by atoms with E-state index in [0.717, 1.165) is 13.1 Å². The summed E-state index contributed by atoms with van der Waals surface area (Å²) in [6.45, 7) is 2.26. The van der Waals surface area contributed by atoms with Crippen molar-refractivity contribution in [2.24, 2.45) is 5.41 Å². The molecule has 2 aliphatic rings. The van der Waals surface area contributed by atoms with Gasteiger partial charge in [0.1, 0.15) is 0 Å². The second-order valence-corrected chi connectivity index (χ2v) is 4.80. The number of nitrogens with zero attached hydrogens (tertiary/aromatic N) is 1. The van der Waals surface area contributed by atoms with Crippen LogP contribution in [0.5, 0.6) is 0 Å². The van der Waals surface area contributed by atoms with Crippen molar-refractivity contribution in [1.29, 1.82) is 0 Å². The Morgan fingerprint density at radius 1 is 0.923 bits per heavy atom. The van der Waals surface area contributed by atoms with Gasteiger partial charge in [0.25, 0.3) is 0 Å². The van der Waals surface area contributed by atoms with Gasteiger partial charge in [-0.15, -0.1) is 0 Å². The van der Waals surface area contributed by atoms with Gasteiger partial charge in [0.05, 0.1) is 0 Å². The van der Waals surface area contributed by atoms with Gasteiger partial charge in [0.15, 0.2) is 0 Å². The average Bonchev–Trinajstić information content (AvgIpc) is 2.20. The Morgan fingerprint density at radius 3 is 2.08 bits per heavy atom. The molecular formula is C10H19ClN2. The van der Waals surface area contributed by atoms with E-state index < -0.39 is 0 Å². The summed E-state index contributed by atoms with van der Waals surface area (Å²) in [7, 11) is 0. The Bertz CT molecular complexity index is 156. The lowest BCUT2D eigenvalue weighted by atomic mass is 9.68. The molecule has 0 unspecified atom stereocenters. The van der Waals surface area contributed by atoms with Gasteiger partial charge in [-0.3, -0.25) is 0 Å². The van der Waals surface area contributed by atoms with Crippen molar-refractivity contribution in [3.05, 3.63) is 0 Å². The van der Waals surface area contributed by atoms with E-state index in [-0.39, 0.29) is 0 Å². The van der Waals surface area contributed by atoms with Crippen LogP contribution in [0.25, 0.3) is 0 Å². The number of piperidine rings is 1. The standard InChI is InChI=1S/C10H19ClN2/c11-12-13-8-6-10(7-9-13)4-2-1-3-5-10/h12H,1-9H2. The van der Waals surface area contributed by atoms with Gasteiger partial charge in [-0.25, -0.2) is 5.01 Å². The van der Waals surface area contributed by atoms with Crippen LogP contribution < -0.4 is 4.94 Å². The van der Waals surface area contributed by atoms with Crippen molar-refractivity contribution in [2.45, 2.75) is 44.9 Å². The van der Waals surface area contributed by atoms with E-state index in [2.05, 4.69) is 9.95 Å². The summed E-state index contributed by atoms with van der Waals surface area (Å²) < 4.78 is 0. The van der Waals surface area contributed by atoms with Crippen LogP contribution in [0.1, 0.15) is 44.9 Å². The normalized spacial score (nSPS) is 29.3. The Hall–Kier alpha value is 0.210. The molecule has 0 amide bonds. The highest BCUT2D eigenvalue weighted by Crippen LogP contribution is 2.44. The summed E-state index contributed by atoms with van der Waals surface area (Å²) in [6, 6.07) is 0. The van der Waals surface area contributed by atoms with Gasteiger partial charge in [-0.2, -0.15) is 4.94 Å². The van der Waals surface area contributed by atoms with Crippen LogP contribution in [-0.4, -0.2) is 18.1 Å². The summed E-state index contributed by atoms with van der Waals surface area (Å²) in [5.74, 6) is 0. The van der Waals surface area contributed by atoms with Gasteiger partial charge in [-0.1, -0.05) is 19.3 Å². The molecule has 1 saturated carbocycles. The SMILES string of the molecule is ClNN1CCC2(CCCCC2)CC1. The molecule has 2 nitrogen and oxygen atoms in total. The molecule has 76 valence electrons. The Labute approximate surface area is 85.7 Å². The summed E-state index contributed by atoms with van der Waals surface area (Å²) in [4.78, 5) is 2.73. The topological polar surface area (TPSA) is 15.3 Å². The van der Waals surface area contributed by atoms with E-state index >= 15 is 0 Å². The van der Waals surface area contributed by atoms with Crippen LogP contribution in [0.2, 0.25) is 0 Å². The molecule has 1 spiro atoms. The van der Waals surface area contributed by atoms with Crippen molar-refractivity contribution >= 4 is 11.8 Å². The highest BCUT2D eigenvalue weighted by Gasteiger charge is 2.35. The van der Waals surface area contributed by atoms with Gasteiger partial charge >= 0.3 is 0 Å². The minimum absolute atomic E-state index is 0.697. The molecule has 13 heavy (non-hydrogen) atoms. The van der Waals surface area contributed by atoms with Crippen molar-refractivity contribution in [3.63, 3.8) is 0 Å². The average molecular weight is 203 g/mol. The molecule has 1 saturated heterocycles. The lowest BCUT2D eigenvalue weighted by Gasteiger charge is -2.43. The highest BCUT2D eigenvalue weighted by atomic mass is 35.5. The first kappa shape index (κ1) is 9.75. The zero-order valence-corrected chi connectivity index (χ0v) is 8.95. The maximum Gasteiger partial charge on any atom is 0.0148 e. The van der Waals surface area contributed by atoms with Crippen LogP contribution >= 0.6 is 11.8 Å². The second kappa shape index (κ2) is 4.16. The molecule has 0 bridgehead atoms. The Morgan fingerprint density at radius 2 is 1.54 bits per heavy atom. The molecule has 1 aliphatic carbocycles. The van der Waals surface area contributed by atoms with Crippen molar-refractivity contribution in [2.75, 3.05) is 13.1 Å². The summed E-state index contributed by atoms with van der Waals surface area (Å²) in [5, 5.41) is 2.13. The maximum absolute atomic E-state index is 5.58. The fourth-order valence-corrected chi connectivity index (χ4v) is 3.04. The van der Waals surface area contributed by atoms with E-state index in [1.54, 1.807) is 0 Å². The molecule has 1 aliphatic heterocycles. The van der Waals surface area contributed by atoms with E-state index in [1.165, 1.54) is 44.9 Å². The Balaban J connectivity index is 1.87. The lowest BCUT2D eigenvalue weighted by molar-refractivity contribution is 0.0573. The summed E-state index contributed by atoms with van der Waals surface area (Å²) in [5.41, 5.74) is 0.697. The predicted octanol–water partition coefficient (Wildman–Crippen LogP) is 2.69. The van der Waals surface area contributed by atoms with E-state index in [4.69, 9.17) is 11.8 Å². The zero-order chi connectivity index (χ0) is 9.15. The van der Waals surface area contributed by atoms with Crippen molar-refractivity contribution in [3.8, 4) is 0 Å². The minimum Gasteiger partial charge on any atom is -0.230 e. The largest absolute Gasteiger partial charge is 0.230 e. The lowest BCUT2D eigenvalue weighted by Crippen LogP contribution is -2.44. The van der Waals surface area contributed by atoms with Crippen LogP contribution in [-0.2, 0) is 0 Å². The molecule has 0 aromatic heterocycles. The van der Waals surface area contributed by atoms with Crippen LogP contribution in [0, 0.1) is 5.41 Å². The fraction of sp³-hybridized carbons (Fsp3) is 1.00. The van der Waals surface area contributed by atoms with Crippen LogP contribution in [0.4, 0.5) is 0 Å². The van der Waals surface area contributed by atoms with Crippen LogP contribution in [0.3, 0.4) is 0 Å². The third kappa shape index (κ3) is 2.17. The fourth-order valence-electron chi connectivity index (χ4n) is 2.87. The maximum atomic E-state index is 5.58. The van der Waals surface area contributed by atoms with Gasteiger partial charge in [0.2, 0.25) is 0 Å². The highest BCUT2D eigenvalue weighted by molar-refractivity contribution is 6.13. The number of hydrogen-bond acceptors (Lipinski definition) is 2. The molecular weight excluding hydrogens is 184 g/mol. The molecule has 0 aromatic rings. The number of rotatable bonds is 1. The first-order valence-corrected chi connectivity index (χ1v) is 5.84. The summed E-state index contributed by atoms with van der Waals surface area (Å²) in [6.07, 6.45) is 9.97.